The third-order valence-corrected chi connectivity index (χ3v) is 4.25. The molecule has 0 amide bonds. The number of nitrogens with zero attached hydrogens (tertiary/aromatic N) is 2. The van der Waals surface area contributed by atoms with Gasteiger partial charge in [0.2, 0.25) is 0 Å². The van der Waals surface area contributed by atoms with Gasteiger partial charge in [-0.15, -0.1) is 0 Å². The molecule has 154 valence electrons. The molecule has 0 N–H and O–H groups in total. The Hall–Kier alpha value is -3.82. The van der Waals surface area contributed by atoms with Gasteiger partial charge in [0.1, 0.15) is 17.2 Å². The number of methoxy groups -OCH3 is 1. The lowest BCUT2D eigenvalue weighted by atomic mass is 10.1. The summed E-state index contributed by atoms with van der Waals surface area (Å²) < 4.78 is 60.5. The third-order valence-electron chi connectivity index (χ3n) is 4.25. The van der Waals surface area contributed by atoms with E-state index in [1.54, 1.807) is 6.07 Å². The molecule has 2 heterocycles. The molecule has 7 nitrogen and oxygen atoms in total. The number of hydrogen-bond acceptors (Lipinski definition) is 7. The van der Waals surface area contributed by atoms with Crippen molar-refractivity contribution in [2.75, 3.05) is 7.11 Å². The van der Waals surface area contributed by atoms with Crippen molar-refractivity contribution < 1.29 is 36.5 Å². The standard InChI is InChI=1S/C20H13F3N2O5/c1-27-17-9-12(29-24-17)3-5-18(26)28-11-2-4-13-16(8-11)30-25-20(13)10-6-14(21)19(23)15(22)7-10/h2,4,6-9H,3,5H2,1H3. The smallest absolute Gasteiger partial charge is 0.311 e. The third kappa shape index (κ3) is 3.84. The second-order valence-corrected chi connectivity index (χ2v) is 6.25. The van der Waals surface area contributed by atoms with Crippen LogP contribution in [0.15, 0.2) is 45.4 Å². The summed E-state index contributed by atoms with van der Waals surface area (Å²) in [4.78, 5) is 12.1. The van der Waals surface area contributed by atoms with Crippen molar-refractivity contribution in [1.29, 1.82) is 0 Å². The van der Waals surface area contributed by atoms with Crippen molar-refractivity contribution in [3.05, 3.63) is 59.6 Å². The minimum atomic E-state index is -1.57. The van der Waals surface area contributed by atoms with E-state index in [9.17, 15) is 18.0 Å². The van der Waals surface area contributed by atoms with Gasteiger partial charge in [-0.1, -0.05) is 5.16 Å². The molecular formula is C20H13F3N2O5. The molecule has 0 saturated carbocycles. The number of rotatable bonds is 6. The maximum atomic E-state index is 13.5. The lowest BCUT2D eigenvalue weighted by Gasteiger charge is -2.03. The van der Waals surface area contributed by atoms with E-state index >= 15 is 0 Å². The van der Waals surface area contributed by atoms with Gasteiger partial charge in [0, 0.05) is 29.5 Å². The van der Waals surface area contributed by atoms with Crippen LogP contribution in [0.5, 0.6) is 11.6 Å². The van der Waals surface area contributed by atoms with Crippen LogP contribution in [0.3, 0.4) is 0 Å². The highest BCUT2D eigenvalue weighted by Gasteiger charge is 2.17. The van der Waals surface area contributed by atoms with Crippen LogP contribution in [0, 0.1) is 17.5 Å². The van der Waals surface area contributed by atoms with Gasteiger partial charge in [-0.25, -0.2) is 13.2 Å². The summed E-state index contributed by atoms with van der Waals surface area (Å²) in [7, 11) is 1.45. The number of hydrogen-bond donors (Lipinski definition) is 0. The number of fused-ring (bicyclic) bond motifs is 1. The minimum Gasteiger partial charge on any atom is -0.479 e. The average molecular weight is 418 g/mol. The Labute approximate surface area is 167 Å². The SMILES string of the molecule is COc1cc(CCC(=O)Oc2ccc3c(-c4cc(F)c(F)c(F)c4)noc3c2)on1. The minimum absolute atomic E-state index is 0.0115. The molecule has 0 saturated heterocycles. The molecule has 0 atom stereocenters. The molecule has 0 fully saturated rings. The Kier molecular flexibility index (Phi) is 5.13. The summed E-state index contributed by atoms with van der Waals surface area (Å²) in [5, 5.41) is 7.83. The first kappa shape index (κ1) is 19.5. The van der Waals surface area contributed by atoms with Crippen LogP contribution in [0.25, 0.3) is 22.2 Å². The van der Waals surface area contributed by atoms with E-state index in [4.69, 9.17) is 18.5 Å². The van der Waals surface area contributed by atoms with Gasteiger partial charge in [0.05, 0.1) is 13.5 Å². The van der Waals surface area contributed by atoms with Crippen molar-refractivity contribution in [3.8, 4) is 22.9 Å². The van der Waals surface area contributed by atoms with E-state index in [-0.39, 0.29) is 35.4 Å². The van der Waals surface area contributed by atoms with Crippen LogP contribution in [0.4, 0.5) is 13.2 Å². The zero-order valence-electron chi connectivity index (χ0n) is 15.4. The number of ether oxygens (including phenoxy) is 2. The predicted molar refractivity (Wildman–Crippen MR) is 96.3 cm³/mol. The van der Waals surface area contributed by atoms with Crippen molar-refractivity contribution in [2.45, 2.75) is 12.8 Å². The Balaban J connectivity index is 1.48. The number of carbonyl (C=O) groups excluding carboxylic acids is 1. The molecular weight excluding hydrogens is 405 g/mol. The first-order valence-electron chi connectivity index (χ1n) is 8.69. The van der Waals surface area contributed by atoms with Crippen LogP contribution >= 0.6 is 0 Å². The highest BCUT2D eigenvalue weighted by atomic mass is 19.2. The van der Waals surface area contributed by atoms with Gasteiger partial charge in [0.25, 0.3) is 5.88 Å². The molecule has 0 aliphatic carbocycles. The van der Waals surface area contributed by atoms with E-state index < -0.39 is 23.4 Å². The van der Waals surface area contributed by atoms with Crippen molar-refractivity contribution >= 4 is 16.9 Å². The number of aryl methyl sites for hydroxylation is 1. The monoisotopic (exact) mass is 418 g/mol. The van der Waals surface area contributed by atoms with E-state index in [1.165, 1.54) is 25.3 Å². The molecule has 0 aliphatic heterocycles. The Morgan fingerprint density at radius 1 is 1.03 bits per heavy atom. The second kappa shape index (κ2) is 7.90. The summed E-state index contributed by atoms with van der Waals surface area (Å²) >= 11 is 0. The Bertz CT molecular complexity index is 1210. The van der Waals surface area contributed by atoms with Crippen LogP contribution in [0.1, 0.15) is 12.2 Å². The van der Waals surface area contributed by atoms with Crippen LogP contribution in [-0.4, -0.2) is 23.4 Å². The van der Waals surface area contributed by atoms with Gasteiger partial charge in [-0.2, -0.15) is 0 Å². The van der Waals surface area contributed by atoms with Crippen molar-refractivity contribution in [3.63, 3.8) is 0 Å². The summed E-state index contributed by atoms with van der Waals surface area (Å²) in [6.07, 6.45) is 0.303. The van der Waals surface area contributed by atoms with E-state index in [2.05, 4.69) is 10.3 Å². The molecule has 0 spiro atoms. The predicted octanol–water partition coefficient (Wildman–Crippen LogP) is 4.45. The summed E-state index contributed by atoms with van der Waals surface area (Å²) in [5.41, 5.74) is 0.359. The molecule has 0 aliphatic rings. The van der Waals surface area contributed by atoms with E-state index in [0.29, 0.717) is 17.0 Å². The maximum absolute atomic E-state index is 13.5. The fraction of sp³-hybridized carbons (Fsp3) is 0.150. The zero-order valence-corrected chi connectivity index (χ0v) is 15.4. The van der Waals surface area contributed by atoms with Crippen molar-refractivity contribution in [1.82, 2.24) is 10.3 Å². The molecule has 0 unspecified atom stereocenters. The van der Waals surface area contributed by atoms with Crippen LogP contribution in [0.2, 0.25) is 0 Å². The first-order valence-corrected chi connectivity index (χ1v) is 8.69. The van der Waals surface area contributed by atoms with Gasteiger partial charge in [0.15, 0.2) is 23.0 Å². The highest BCUT2D eigenvalue weighted by Crippen LogP contribution is 2.32. The molecule has 4 rings (SSSR count). The molecule has 0 bridgehead atoms. The van der Waals surface area contributed by atoms with E-state index in [0.717, 1.165) is 12.1 Å². The molecule has 0 radical (unpaired) electrons. The van der Waals surface area contributed by atoms with Crippen LogP contribution in [-0.2, 0) is 11.2 Å². The molecule has 2 aromatic heterocycles. The first-order chi connectivity index (χ1) is 14.4. The van der Waals surface area contributed by atoms with Gasteiger partial charge in [-0.05, 0) is 29.4 Å². The fourth-order valence-corrected chi connectivity index (χ4v) is 2.80. The highest BCUT2D eigenvalue weighted by molar-refractivity contribution is 5.92. The van der Waals surface area contributed by atoms with Crippen LogP contribution < -0.4 is 9.47 Å². The number of carbonyl (C=O) groups is 1. The Morgan fingerprint density at radius 3 is 2.50 bits per heavy atom. The summed E-state index contributed by atoms with van der Waals surface area (Å²) in [5.74, 6) is -3.78. The number of esters is 1. The van der Waals surface area contributed by atoms with Crippen molar-refractivity contribution in [2.24, 2.45) is 0 Å². The number of halogens is 3. The largest absolute Gasteiger partial charge is 0.479 e. The normalized spacial score (nSPS) is 11.1. The molecule has 4 aromatic rings. The lowest BCUT2D eigenvalue weighted by Crippen LogP contribution is -2.08. The molecule has 2 aromatic carbocycles. The lowest BCUT2D eigenvalue weighted by molar-refractivity contribution is -0.134. The average Bonchev–Trinajstić information content (AvgIpc) is 3.36. The van der Waals surface area contributed by atoms with Gasteiger partial charge in [-0.3, -0.25) is 4.79 Å². The number of aromatic nitrogens is 2. The Morgan fingerprint density at radius 2 is 1.80 bits per heavy atom. The number of benzene rings is 2. The second-order valence-electron chi connectivity index (χ2n) is 6.25. The topological polar surface area (TPSA) is 87.6 Å². The summed E-state index contributed by atoms with van der Waals surface area (Å²) in [6, 6.07) is 7.62. The zero-order chi connectivity index (χ0) is 21.3. The molecule has 10 heteroatoms. The summed E-state index contributed by atoms with van der Waals surface area (Å²) in [6.45, 7) is 0. The fourth-order valence-electron chi connectivity index (χ4n) is 2.80. The van der Waals surface area contributed by atoms with E-state index in [1.807, 2.05) is 0 Å². The maximum Gasteiger partial charge on any atom is 0.311 e. The molecule has 30 heavy (non-hydrogen) atoms. The van der Waals surface area contributed by atoms with Gasteiger partial charge < -0.3 is 18.5 Å². The quantitative estimate of drug-likeness (QED) is 0.260. The van der Waals surface area contributed by atoms with Gasteiger partial charge >= 0.3 is 5.97 Å².